The summed E-state index contributed by atoms with van der Waals surface area (Å²) in [7, 11) is 1.69. The van der Waals surface area contributed by atoms with Gasteiger partial charge >= 0.3 is 0 Å². The van der Waals surface area contributed by atoms with Gasteiger partial charge in [0.05, 0.1) is 6.61 Å². The zero-order valence-corrected chi connectivity index (χ0v) is 10.6. The van der Waals surface area contributed by atoms with E-state index in [-0.39, 0.29) is 6.10 Å². The first kappa shape index (κ1) is 12.4. The van der Waals surface area contributed by atoms with Crippen molar-refractivity contribution in [2.45, 2.75) is 38.5 Å². The fourth-order valence-corrected chi connectivity index (χ4v) is 1.74. The lowest BCUT2D eigenvalue weighted by atomic mass is 10.2. The van der Waals surface area contributed by atoms with Gasteiger partial charge in [-0.25, -0.2) is 0 Å². The van der Waals surface area contributed by atoms with E-state index < -0.39 is 0 Å². The van der Waals surface area contributed by atoms with Crippen molar-refractivity contribution in [3.8, 4) is 5.75 Å². The van der Waals surface area contributed by atoms with Crippen LogP contribution in [0.2, 0.25) is 0 Å². The zero-order valence-electron chi connectivity index (χ0n) is 10.6. The van der Waals surface area contributed by atoms with Gasteiger partial charge in [0.1, 0.15) is 11.9 Å². The molecule has 0 bridgehead atoms. The highest BCUT2D eigenvalue weighted by atomic mass is 16.5. The molecule has 2 rings (SSSR count). The maximum Gasteiger partial charge on any atom is 0.119 e. The Hall–Kier alpha value is -1.06. The van der Waals surface area contributed by atoms with Crippen LogP contribution in [0.4, 0.5) is 0 Å². The van der Waals surface area contributed by atoms with Crippen molar-refractivity contribution in [3.63, 3.8) is 0 Å². The number of methoxy groups -OCH3 is 1. The summed E-state index contributed by atoms with van der Waals surface area (Å²) < 4.78 is 10.7. The molecular formula is C14H21NO2. The fourth-order valence-electron chi connectivity index (χ4n) is 1.74. The van der Waals surface area contributed by atoms with Crippen molar-refractivity contribution in [2.24, 2.45) is 0 Å². The van der Waals surface area contributed by atoms with Crippen molar-refractivity contribution in [3.05, 3.63) is 29.8 Å². The molecule has 1 N–H and O–H groups in total. The number of hydrogen-bond acceptors (Lipinski definition) is 3. The van der Waals surface area contributed by atoms with E-state index in [9.17, 15) is 0 Å². The SMILES string of the molecule is COCC(C)Oc1ccc(CNC2CC2)cc1. The van der Waals surface area contributed by atoms with Crippen LogP contribution in [-0.4, -0.2) is 25.9 Å². The second kappa shape index (κ2) is 6.03. The highest BCUT2D eigenvalue weighted by Gasteiger charge is 2.19. The first-order valence-electron chi connectivity index (χ1n) is 6.26. The largest absolute Gasteiger partial charge is 0.488 e. The summed E-state index contributed by atoms with van der Waals surface area (Å²) in [5.41, 5.74) is 1.31. The van der Waals surface area contributed by atoms with Gasteiger partial charge in [-0.3, -0.25) is 0 Å². The molecule has 0 radical (unpaired) electrons. The number of ether oxygens (including phenoxy) is 2. The summed E-state index contributed by atoms with van der Waals surface area (Å²) in [5.74, 6) is 0.907. The molecule has 0 aromatic heterocycles. The van der Waals surface area contributed by atoms with Crippen molar-refractivity contribution in [2.75, 3.05) is 13.7 Å². The summed E-state index contributed by atoms with van der Waals surface area (Å²) in [6.07, 6.45) is 2.75. The Morgan fingerprint density at radius 1 is 1.29 bits per heavy atom. The Kier molecular flexibility index (Phi) is 4.40. The molecule has 94 valence electrons. The van der Waals surface area contributed by atoms with E-state index in [1.165, 1.54) is 18.4 Å². The van der Waals surface area contributed by atoms with Gasteiger partial charge < -0.3 is 14.8 Å². The maximum atomic E-state index is 5.70. The van der Waals surface area contributed by atoms with Gasteiger partial charge in [-0.05, 0) is 37.5 Å². The van der Waals surface area contributed by atoms with Crippen LogP contribution in [0.5, 0.6) is 5.75 Å². The van der Waals surface area contributed by atoms with Crippen LogP contribution in [0, 0.1) is 0 Å². The van der Waals surface area contributed by atoms with Crippen molar-refractivity contribution in [1.29, 1.82) is 0 Å². The lowest BCUT2D eigenvalue weighted by Gasteiger charge is -2.14. The van der Waals surface area contributed by atoms with Crippen LogP contribution in [0.25, 0.3) is 0 Å². The number of rotatable bonds is 7. The van der Waals surface area contributed by atoms with E-state index in [0.717, 1.165) is 18.3 Å². The topological polar surface area (TPSA) is 30.5 Å². The Balaban J connectivity index is 1.79. The second-order valence-electron chi connectivity index (χ2n) is 4.68. The zero-order chi connectivity index (χ0) is 12.1. The van der Waals surface area contributed by atoms with Gasteiger partial charge in [0.2, 0.25) is 0 Å². The molecule has 0 saturated heterocycles. The number of nitrogens with one attached hydrogen (secondary N) is 1. The summed E-state index contributed by atoms with van der Waals surface area (Å²) in [4.78, 5) is 0. The van der Waals surface area contributed by atoms with Gasteiger partial charge in [0.15, 0.2) is 0 Å². The second-order valence-corrected chi connectivity index (χ2v) is 4.68. The molecule has 0 spiro atoms. The molecule has 1 aromatic carbocycles. The van der Waals surface area contributed by atoms with Crippen LogP contribution >= 0.6 is 0 Å². The summed E-state index contributed by atoms with van der Waals surface area (Å²) in [6.45, 7) is 3.58. The molecule has 1 aliphatic carbocycles. The van der Waals surface area contributed by atoms with Crippen LogP contribution in [-0.2, 0) is 11.3 Å². The van der Waals surface area contributed by atoms with Crippen LogP contribution in [0.15, 0.2) is 24.3 Å². The molecule has 1 unspecified atom stereocenters. The number of benzene rings is 1. The minimum Gasteiger partial charge on any atom is -0.488 e. The van der Waals surface area contributed by atoms with E-state index in [4.69, 9.17) is 9.47 Å². The monoisotopic (exact) mass is 235 g/mol. The molecule has 1 saturated carbocycles. The number of hydrogen-bond donors (Lipinski definition) is 1. The molecular weight excluding hydrogens is 214 g/mol. The average molecular weight is 235 g/mol. The van der Waals surface area contributed by atoms with Gasteiger partial charge in [0.25, 0.3) is 0 Å². The summed E-state index contributed by atoms with van der Waals surface area (Å²) >= 11 is 0. The van der Waals surface area contributed by atoms with E-state index in [1.807, 2.05) is 19.1 Å². The Morgan fingerprint density at radius 3 is 2.59 bits per heavy atom. The average Bonchev–Trinajstić information content (AvgIpc) is 3.12. The first-order chi connectivity index (χ1) is 8.28. The third-order valence-corrected chi connectivity index (χ3v) is 2.83. The predicted octanol–water partition coefficient (Wildman–Crippen LogP) is 2.35. The summed E-state index contributed by atoms with van der Waals surface area (Å²) in [5, 5.41) is 3.49. The molecule has 0 heterocycles. The summed E-state index contributed by atoms with van der Waals surface area (Å²) in [6, 6.07) is 9.04. The molecule has 3 nitrogen and oxygen atoms in total. The van der Waals surface area contributed by atoms with Crippen LogP contribution in [0.1, 0.15) is 25.3 Å². The molecule has 17 heavy (non-hydrogen) atoms. The van der Waals surface area contributed by atoms with E-state index in [1.54, 1.807) is 7.11 Å². The van der Waals surface area contributed by atoms with E-state index >= 15 is 0 Å². The standard InChI is InChI=1S/C14H21NO2/c1-11(10-16-2)17-14-7-3-12(4-8-14)9-15-13-5-6-13/h3-4,7-8,11,13,15H,5-6,9-10H2,1-2H3. The Bertz CT molecular complexity index is 333. The lowest BCUT2D eigenvalue weighted by molar-refractivity contribution is 0.0921. The molecule has 3 heteroatoms. The Labute approximate surface area is 103 Å². The first-order valence-corrected chi connectivity index (χ1v) is 6.26. The molecule has 1 fully saturated rings. The van der Waals surface area contributed by atoms with Gasteiger partial charge in [-0.2, -0.15) is 0 Å². The molecule has 0 aliphatic heterocycles. The molecule has 0 amide bonds. The third-order valence-electron chi connectivity index (χ3n) is 2.83. The molecule has 1 aliphatic rings. The normalized spacial score (nSPS) is 16.8. The van der Waals surface area contributed by atoms with Crippen LogP contribution < -0.4 is 10.1 Å². The highest BCUT2D eigenvalue weighted by Crippen LogP contribution is 2.20. The van der Waals surface area contributed by atoms with Crippen molar-refractivity contribution >= 4 is 0 Å². The minimum absolute atomic E-state index is 0.0930. The van der Waals surface area contributed by atoms with Gasteiger partial charge in [-0.1, -0.05) is 12.1 Å². The fraction of sp³-hybridized carbons (Fsp3) is 0.571. The van der Waals surface area contributed by atoms with Crippen LogP contribution in [0.3, 0.4) is 0 Å². The smallest absolute Gasteiger partial charge is 0.119 e. The quantitative estimate of drug-likeness (QED) is 0.787. The molecule has 1 atom stereocenters. The maximum absolute atomic E-state index is 5.70. The van der Waals surface area contributed by atoms with E-state index in [2.05, 4.69) is 17.4 Å². The third kappa shape index (κ3) is 4.36. The van der Waals surface area contributed by atoms with E-state index in [0.29, 0.717) is 6.61 Å². The molecule has 1 aromatic rings. The van der Waals surface area contributed by atoms with Crippen molar-refractivity contribution in [1.82, 2.24) is 5.32 Å². The minimum atomic E-state index is 0.0930. The Morgan fingerprint density at radius 2 is 2.00 bits per heavy atom. The lowest BCUT2D eigenvalue weighted by Crippen LogP contribution is -2.18. The van der Waals surface area contributed by atoms with Gasteiger partial charge in [0, 0.05) is 19.7 Å². The predicted molar refractivity (Wildman–Crippen MR) is 68.3 cm³/mol. The van der Waals surface area contributed by atoms with Crippen molar-refractivity contribution < 1.29 is 9.47 Å². The highest BCUT2D eigenvalue weighted by molar-refractivity contribution is 5.27. The van der Waals surface area contributed by atoms with Gasteiger partial charge in [-0.15, -0.1) is 0 Å².